The van der Waals surface area contributed by atoms with E-state index in [0.29, 0.717) is 8.55 Å². The second-order valence-electron chi connectivity index (χ2n) is 1.99. The summed E-state index contributed by atoms with van der Waals surface area (Å²) in [5.41, 5.74) is 0. The maximum atomic E-state index is 11.2. The number of hydrogen-bond donors (Lipinski definition) is 1. The summed E-state index contributed by atoms with van der Waals surface area (Å²) in [7, 11) is -1.46. The normalized spacial score (nSPS) is 12.5. The van der Waals surface area contributed by atoms with Crippen molar-refractivity contribution in [2.24, 2.45) is 0 Å². The fraction of sp³-hybridized carbons (Fsp3) is 0.167. The highest BCUT2D eigenvalue weighted by Gasteiger charge is 2.07. The fourth-order valence-corrected chi connectivity index (χ4v) is 2.74. The van der Waals surface area contributed by atoms with Gasteiger partial charge in [0.05, 0.1) is 4.34 Å². The van der Waals surface area contributed by atoms with Crippen LogP contribution in [0.5, 0.6) is 0 Å². The summed E-state index contributed by atoms with van der Waals surface area (Å²) in [5, 5.41) is 0. The van der Waals surface area contributed by atoms with Crippen LogP contribution in [0.1, 0.15) is 6.92 Å². The number of hydrogen-bond acceptors (Lipinski definition) is 3. The quantitative estimate of drug-likeness (QED) is 0.827. The minimum absolute atomic E-state index is 0.321. The Balaban J connectivity index is 2.72. The van der Waals surface area contributed by atoms with Crippen LogP contribution < -0.4 is 4.72 Å². The van der Waals surface area contributed by atoms with Gasteiger partial charge in [0.1, 0.15) is 4.21 Å². The molecule has 1 rings (SSSR count). The Bertz CT molecular complexity index is 323. The van der Waals surface area contributed by atoms with Crippen LogP contribution in [0, 0.1) is 0 Å². The van der Waals surface area contributed by atoms with Gasteiger partial charge in [0.15, 0.2) is 11.0 Å². The summed E-state index contributed by atoms with van der Waals surface area (Å²) in [6, 6.07) is 3.26. The molecule has 12 heavy (non-hydrogen) atoms. The van der Waals surface area contributed by atoms with E-state index in [9.17, 15) is 9.00 Å². The van der Waals surface area contributed by atoms with Crippen LogP contribution >= 0.6 is 22.9 Å². The molecule has 6 heteroatoms. The van der Waals surface area contributed by atoms with E-state index < -0.39 is 11.0 Å². The molecular formula is C6H6ClNO2S2. The second-order valence-corrected chi connectivity index (χ2v) is 5.14. The molecule has 0 fully saturated rings. The smallest absolute Gasteiger partial charge is 0.228 e. The zero-order valence-electron chi connectivity index (χ0n) is 6.17. The first-order valence-corrected chi connectivity index (χ1v) is 5.38. The minimum atomic E-state index is -1.46. The Morgan fingerprint density at radius 2 is 2.33 bits per heavy atom. The van der Waals surface area contributed by atoms with Gasteiger partial charge in [-0.3, -0.25) is 9.52 Å². The Hall–Kier alpha value is -0.390. The molecule has 0 bridgehead atoms. The van der Waals surface area contributed by atoms with Gasteiger partial charge in [-0.1, -0.05) is 11.6 Å². The van der Waals surface area contributed by atoms with E-state index in [2.05, 4.69) is 4.72 Å². The highest BCUT2D eigenvalue weighted by Crippen LogP contribution is 2.23. The summed E-state index contributed by atoms with van der Waals surface area (Å²) in [6.45, 7) is 1.31. The molecule has 1 N–H and O–H groups in total. The Labute approximate surface area is 81.3 Å². The van der Waals surface area contributed by atoms with Crippen LogP contribution in [-0.2, 0) is 15.8 Å². The molecule has 0 saturated heterocycles. The van der Waals surface area contributed by atoms with E-state index in [-0.39, 0.29) is 5.91 Å². The van der Waals surface area contributed by atoms with Gasteiger partial charge in [-0.2, -0.15) is 0 Å². The molecule has 1 atom stereocenters. The lowest BCUT2D eigenvalue weighted by molar-refractivity contribution is -0.117. The molecule has 66 valence electrons. The molecule has 0 saturated carbocycles. The lowest BCUT2D eigenvalue weighted by Gasteiger charge is -1.96. The molecule has 1 heterocycles. The third kappa shape index (κ3) is 2.58. The molecule has 3 nitrogen and oxygen atoms in total. The van der Waals surface area contributed by atoms with Gasteiger partial charge >= 0.3 is 0 Å². The Morgan fingerprint density at radius 3 is 2.75 bits per heavy atom. The second kappa shape index (κ2) is 4.02. The van der Waals surface area contributed by atoms with Crippen molar-refractivity contribution < 1.29 is 9.00 Å². The van der Waals surface area contributed by atoms with E-state index in [1.807, 2.05) is 0 Å². The number of amides is 1. The van der Waals surface area contributed by atoms with Crippen LogP contribution in [0.15, 0.2) is 16.3 Å². The van der Waals surface area contributed by atoms with Crippen molar-refractivity contribution in [2.45, 2.75) is 11.1 Å². The van der Waals surface area contributed by atoms with Crippen molar-refractivity contribution in [1.29, 1.82) is 0 Å². The van der Waals surface area contributed by atoms with E-state index in [4.69, 9.17) is 11.6 Å². The maximum Gasteiger partial charge on any atom is 0.228 e. The van der Waals surface area contributed by atoms with Crippen LogP contribution in [-0.4, -0.2) is 10.1 Å². The lowest BCUT2D eigenvalue weighted by atomic mass is 10.7. The summed E-state index contributed by atoms with van der Waals surface area (Å²) in [5.74, 6) is -0.321. The molecule has 0 radical (unpaired) electrons. The molecule has 0 aliphatic heterocycles. The molecular weight excluding hydrogens is 218 g/mol. The predicted molar refractivity (Wildman–Crippen MR) is 49.6 cm³/mol. The Kier molecular flexibility index (Phi) is 3.25. The number of halogens is 1. The molecule has 0 aromatic carbocycles. The number of carbonyl (C=O) groups is 1. The van der Waals surface area contributed by atoms with Gasteiger partial charge < -0.3 is 0 Å². The van der Waals surface area contributed by atoms with Gasteiger partial charge in [-0.15, -0.1) is 11.3 Å². The number of nitrogens with one attached hydrogen (secondary N) is 1. The Morgan fingerprint density at radius 1 is 1.67 bits per heavy atom. The topological polar surface area (TPSA) is 46.2 Å². The first-order valence-electron chi connectivity index (χ1n) is 3.04. The van der Waals surface area contributed by atoms with E-state index in [1.54, 1.807) is 12.1 Å². The fourth-order valence-electron chi connectivity index (χ4n) is 0.578. The van der Waals surface area contributed by atoms with Crippen LogP contribution in [0.25, 0.3) is 0 Å². The standard InChI is InChI=1S/C6H6ClNO2S2/c1-4(9)8-12(10)6-3-2-5(7)11-6/h2-3H,1H3,(H,8,9). The monoisotopic (exact) mass is 223 g/mol. The number of thiophene rings is 1. The van der Waals surface area contributed by atoms with Crippen molar-refractivity contribution in [3.05, 3.63) is 16.5 Å². The van der Waals surface area contributed by atoms with Gasteiger partial charge in [0, 0.05) is 6.92 Å². The van der Waals surface area contributed by atoms with Crippen molar-refractivity contribution in [3.8, 4) is 0 Å². The third-order valence-electron chi connectivity index (χ3n) is 0.968. The molecule has 1 amide bonds. The third-order valence-corrected chi connectivity index (χ3v) is 3.67. The van der Waals surface area contributed by atoms with Crippen LogP contribution in [0.2, 0.25) is 4.34 Å². The number of rotatable bonds is 2. The zero-order chi connectivity index (χ0) is 9.14. The molecule has 1 unspecified atom stereocenters. The molecule has 0 spiro atoms. The predicted octanol–water partition coefficient (Wildman–Crippen LogP) is 1.56. The maximum absolute atomic E-state index is 11.2. The SMILES string of the molecule is CC(=O)NS(=O)c1ccc(Cl)s1. The van der Waals surface area contributed by atoms with Gasteiger partial charge in [0.2, 0.25) is 5.91 Å². The summed E-state index contributed by atoms with van der Waals surface area (Å²) in [6.07, 6.45) is 0. The van der Waals surface area contributed by atoms with Crippen molar-refractivity contribution in [1.82, 2.24) is 4.72 Å². The lowest BCUT2D eigenvalue weighted by Crippen LogP contribution is -2.21. The average Bonchev–Trinajstić information content (AvgIpc) is 2.34. The first-order chi connectivity index (χ1) is 5.59. The molecule has 0 aliphatic carbocycles. The summed E-state index contributed by atoms with van der Waals surface area (Å²) in [4.78, 5) is 10.5. The summed E-state index contributed by atoms with van der Waals surface area (Å²) < 4.78 is 14.6. The largest absolute Gasteiger partial charge is 0.274 e. The van der Waals surface area contributed by atoms with Crippen LogP contribution in [0.3, 0.4) is 0 Å². The molecule has 0 aliphatic rings. The van der Waals surface area contributed by atoms with Crippen LogP contribution in [0.4, 0.5) is 0 Å². The van der Waals surface area contributed by atoms with E-state index >= 15 is 0 Å². The first kappa shape index (κ1) is 9.70. The average molecular weight is 224 g/mol. The highest BCUT2D eigenvalue weighted by molar-refractivity contribution is 7.86. The van der Waals surface area contributed by atoms with Crippen molar-refractivity contribution >= 4 is 39.8 Å². The van der Waals surface area contributed by atoms with E-state index in [1.165, 1.54) is 18.3 Å². The number of carbonyl (C=O) groups excluding carboxylic acids is 1. The van der Waals surface area contributed by atoms with Crippen molar-refractivity contribution in [3.63, 3.8) is 0 Å². The van der Waals surface area contributed by atoms with Gasteiger partial charge in [0.25, 0.3) is 0 Å². The molecule has 1 aromatic heterocycles. The summed E-state index contributed by atoms with van der Waals surface area (Å²) >= 11 is 6.80. The van der Waals surface area contributed by atoms with Gasteiger partial charge in [-0.05, 0) is 12.1 Å². The van der Waals surface area contributed by atoms with E-state index in [0.717, 1.165) is 0 Å². The molecule has 1 aromatic rings. The van der Waals surface area contributed by atoms with Crippen molar-refractivity contribution in [2.75, 3.05) is 0 Å². The minimum Gasteiger partial charge on any atom is -0.274 e. The van der Waals surface area contributed by atoms with Gasteiger partial charge in [-0.25, -0.2) is 4.21 Å². The zero-order valence-corrected chi connectivity index (χ0v) is 8.55. The highest BCUT2D eigenvalue weighted by atomic mass is 35.5.